The van der Waals surface area contributed by atoms with Gasteiger partial charge in [0, 0.05) is 26.4 Å². The fourth-order valence-electron chi connectivity index (χ4n) is 2.88. The molecule has 0 radical (unpaired) electrons. The molecule has 1 heterocycles. The van der Waals surface area contributed by atoms with Crippen molar-refractivity contribution < 1.29 is 23.9 Å². The zero-order valence-corrected chi connectivity index (χ0v) is 15.5. The third-order valence-corrected chi connectivity index (χ3v) is 4.43. The van der Waals surface area contributed by atoms with Gasteiger partial charge in [-0.2, -0.15) is 0 Å². The number of benzene rings is 2. The van der Waals surface area contributed by atoms with E-state index >= 15 is 0 Å². The lowest BCUT2D eigenvalue weighted by molar-refractivity contribution is -0.133. The van der Waals surface area contributed by atoms with Crippen molar-refractivity contribution in [3.8, 4) is 0 Å². The Bertz CT molecular complexity index is 877. The molecule has 7 nitrogen and oxygen atoms in total. The van der Waals surface area contributed by atoms with Crippen molar-refractivity contribution in [3.05, 3.63) is 65.7 Å². The van der Waals surface area contributed by atoms with Crippen LogP contribution in [0.2, 0.25) is 0 Å². The molecule has 144 valence electrons. The van der Waals surface area contributed by atoms with Crippen LogP contribution < -0.4 is 4.90 Å². The summed E-state index contributed by atoms with van der Waals surface area (Å²) in [4.78, 5) is 50.4. The van der Waals surface area contributed by atoms with E-state index in [1.807, 2.05) is 30.3 Å². The van der Waals surface area contributed by atoms with Crippen molar-refractivity contribution >= 4 is 29.4 Å². The van der Waals surface area contributed by atoms with Crippen LogP contribution in [0.1, 0.15) is 28.8 Å². The second kappa shape index (κ2) is 8.47. The molecule has 0 unspecified atom stereocenters. The van der Waals surface area contributed by atoms with Crippen molar-refractivity contribution in [1.82, 2.24) is 4.90 Å². The third kappa shape index (κ3) is 4.43. The quantitative estimate of drug-likeness (QED) is 0.566. The van der Waals surface area contributed by atoms with Gasteiger partial charge >= 0.3 is 5.97 Å². The lowest BCUT2D eigenvalue weighted by Gasteiger charge is -2.17. The lowest BCUT2D eigenvalue weighted by Crippen LogP contribution is -2.30. The highest BCUT2D eigenvalue weighted by molar-refractivity contribution is 6.19. The minimum atomic E-state index is -0.646. The highest BCUT2D eigenvalue weighted by Crippen LogP contribution is 2.23. The Hall–Kier alpha value is -3.48. The highest BCUT2D eigenvalue weighted by atomic mass is 16.5. The molecule has 0 aromatic heterocycles. The van der Waals surface area contributed by atoms with Gasteiger partial charge in [0.15, 0.2) is 6.61 Å². The topological polar surface area (TPSA) is 84.0 Å². The van der Waals surface area contributed by atoms with Crippen LogP contribution in [-0.2, 0) is 25.7 Å². The Morgan fingerprint density at radius 3 is 2.18 bits per heavy atom. The first-order chi connectivity index (χ1) is 13.5. The summed E-state index contributed by atoms with van der Waals surface area (Å²) < 4.78 is 5.08. The summed E-state index contributed by atoms with van der Waals surface area (Å²) in [6.45, 7) is 0.0524. The summed E-state index contributed by atoms with van der Waals surface area (Å²) in [7, 11) is 1.64. The number of hydrogen-bond donors (Lipinski definition) is 0. The van der Waals surface area contributed by atoms with Crippen LogP contribution in [0.15, 0.2) is 54.6 Å². The molecule has 1 saturated heterocycles. The van der Waals surface area contributed by atoms with Crippen LogP contribution in [-0.4, -0.2) is 42.2 Å². The number of nitrogens with zero attached hydrogens (tertiary/aromatic N) is 2. The molecule has 1 aliphatic rings. The number of rotatable bonds is 6. The largest absolute Gasteiger partial charge is 0.452 e. The Balaban J connectivity index is 1.54. The number of imide groups is 1. The molecule has 3 rings (SSSR count). The molecule has 0 bridgehead atoms. The molecular weight excluding hydrogens is 360 g/mol. The van der Waals surface area contributed by atoms with E-state index in [2.05, 4.69) is 0 Å². The predicted octanol–water partition coefficient (Wildman–Crippen LogP) is 2.16. The van der Waals surface area contributed by atoms with Crippen LogP contribution in [0.4, 0.5) is 5.69 Å². The fourth-order valence-corrected chi connectivity index (χ4v) is 2.88. The first kappa shape index (κ1) is 19.3. The van der Waals surface area contributed by atoms with Gasteiger partial charge in [0.25, 0.3) is 5.91 Å². The lowest BCUT2D eigenvalue weighted by atomic mass is 10.2. The smallest absolute Gasteiger partial charge is 0.338 e. The van der Waals surface area contributed by atoms with Crippen LogP contribution in [0.5, 0.6) is 0 Å². The zero-order chi connectivity index (χ0) is 20.1. The van der Waals surface area contributed by atoms with Gasteiger partial charge in [-0.15, -0.1) is 0 Å². The molecule has 0 saturated carbocycles. The minimum absolute atomic E-state index is 0.196. The number of anilines is 1. The normalized spacial score (nSPS) is 13.5. The Morgan fingerprint density at radius 1 is 0.964 bits per heavy atom. The zero-order valence-electron chi connectivity index (χ0n) is 15.5. The summed E-state index contributed by atoms with van der Waals surface area (Å²) >= 11 is 0. The van der Waals surface area contributed by atoms with Gasteiger partial charge in [0.05, 0.1) is 11.3 Å². The monoisotopic (exact) mass is 380 g/mol. The van der Waals surface area contributed by atoms with Crippen molar-refractivity contribution in [2.45, 2.75) is 19.4 Å². The molecule has 7 heteroatoms. The first-order valence-corrected chi connectivity index (χ1v) is 8.86. The van der Waals surface area contributed by atoms with E-state index in [1.165, 1.54) is 29.2 Å². The molecule has 1 aliphatic heterocycles. The van der Waals surface area contributed by atoms with E-state index in [0.717, 1.165) is 10.5 Å². The van der Waals surface area contributed by atoms with Crippen LogP contribution in [0.25, 0.3) is 0 Å². The third-order valence-electron chi connectivity index (χ3n) is 4.43. The van der Waals surface area contributed by atoms with E-state index in [0.29, 0.717) is 12.2 Å². The molecule has 0 spiro atoms. The molecule has 2 aromatic carbocycles. The maximum Gasteiger partial charge on any atom is 0.338 e. The number of carbonyl (C=O) groups excluding carboxylic acids is 4. The molecular formula is C21H20N2O5. The fraction of sp³-hybridized carbons (Fsp3) is 0.238. The van der Waals surface area contributed by atoms with Crippen LogP contribution in [0, 0.1) is 0 Å². The van der Waals surface area contributed by atoms with E-state index < -0.39 is 5.97 Å². The van der Waals surface area contributed by atoms with Gasteiger partial charge in [0.1, 0.15) is 0 Å². The average Bonchev–Trinajstić information content (AvgIpc) is 3.05. The Kier molecular flexibility index (Phi) is 5.84. The van der Waals surface area contributed by atoms with Gasteiger partial charge < -0.3 is 9.64 Å². The van der Waals surface area contributed by atoms with Crippen molar-refractivity contribution in [2.75, 3.05) is 18.6 Å². The summed E-state index contributed by atoms with van der Waals surface area (Å²) in [6, 6.07) is 15.5. The molecule has 2 aromatic rings. The van der Waals surface area contributed by atoms with Crippen LogP contribution >= 0.6 is 0 Å². The Morgan fingerprint density at radius 2 is 1.57 bits per heavy atom. The van der Waals surface area contributed by atoms with Crippen LogP contribution in [0.3, 0.4) is 0 Å². The van der Waals surface area contributed by atoms with Crippen molar-refractivity contribution in [3.63, 3.8) is 0 Å². The minimum Gasteiger partial charge on any atom is -0.452 e. The van der Waals surface area contributed by atoms with Gasteiger partial charge in [0.2, 0.25) is 11.8 Å². The molecule has 28 heavy (non-hydrogen) atoms. The average molecular weight is 380 g/mol. The van der Waals surface area contributed by atoms with Gasteiger partial charge in [-0.3, -0.25) is 19.3 Å². The number of likely N-dealkylation sites (N-methyl/N-ethyl adjacent to an activating group) is 1. The van der Waals surface area contributed by atoms with E-state index in [4.69, 9.17) is 4.74 Å². The molecule has 0 N–H and O–H groups in total. The van der Waals surface area contributed by atoms with Gasteiger partial charge in [-0.05, 0) is 29.8 Å². The number of carbonyl (C=O) groups is 4. The maximum absolute atomic E-state index is 12.2. The second-order valence-corrected chi connectivity index (χ2v) is 6.48. The van der Waals surface area contributed by atoms with E-state index in [9.17, 15) is 19.2 Å². The van der Waals surface area contributed by atoms with Crippen molar-refractivity contribution in [1.29, 1.82) is 0 Å². The molecule has 3 amide bonds. The van der Waals surface area contributed by atoms with Gasteiger partial charge in [-0.25, -0.2) is 4.79 Å². The number of amides is 3. The van der Waals surface area contributed by atoms with E-state index in [-0.39, 0.29) is 42.7 Å². The summed E-state index contributed by atoms with van der Waals surface area (Å²) in [5.74, 6) is -1.48. The first-order valence-electron chi connectivity index (χ1n) is 8.86. The molecule has 0 atom stereocenters. The molecule has 1 fully saturated rings. The number of hydrogen-bond acceptors (Lipinski definition) is 5. The summed E-state index contributed by atoms with van der Waals surface area (Å²) in [5.41, 5.74) is 1.63. The predicted molar refractivity (Wildman–Crippen MR) is 101 cm³/mol. The summed E-state index contributed by atoms with van der Waals surface area (Å²) in [5, 5.41) is 0. The highest BCUT2D eigenvalue weighted by Gasteiger charge is 2.30. The van der Waals surface area contributed by atoms with E-state index in [1.54, 1.807) is 7.05 Å². The second-order valence-electron chi connectivity index (χ2n) is 6.48. The standard InChI is InChI=1S/C21H20N2O5/c1-22(13-15-5-3-2-4-6-15)20(26)14-28-21(27)16-7-9-17(10-8-16)23-18(24)11-12-19(23)25/h2-10H,11-14H2,1H3. The Labute approximate surface area is 162 Å². The SMILES string of the molecule is CN(Cc1ccccc1)C(=O)COC(=O)c1ccc(N2C(=O)CCC2=O)cc1. The maximum atomic E-state index is 12.2. The molecule has 0 aliphatic carbocycles. The van der Waals surface area contributed by atoms with Gasteiger partial charge in [-0.1, -0.05) is 30.3 Å². The number of esters is 1. The van der Waals surface area contributed by atoms with Crippen molar-refractivity contribution in [2.24, 2.45) is 0 Å². The number of ether oxygens (including phenoxy) is 1. The summed E-state index contributed by atoms with van der Waals surface area (Å²) in [6.07, 6.45) is 0.391.